The van der Waals surface area contributed by atoms with E-state index in [1.807, 2.05) is 5.32 Å². The Morgan fingerprint density at radius 3 is 2.72 bits per heavy atom. The summed E-state index contributed by atoms with van der Waals surface area (Å²) in [6.07, 6.45) is -3.49. The van der Waals surface area contributed by atoms with Crippen LogP contribution in [0.3, 0.4) is 0 Å². The summed E-state index contributed by atoms with van der Waals surface area (Å²) in [5.41, 5.74) is 1.79. The first-order valence-corrected chi connectivity index (χ1v) is 5.54. The standard InChI is InChI=1S/C12H12F3NO2/c13-12(14,15)11(18)16-9-3-1-8-6-10(17)4-2-7(8)5-9/h2,4,6,9,17H,1,3,5H2,(H,16,18). The van der Waals surface area contributed by atoms with E-state index >= 15 is 0 Å². The zero-order valence-corrected chi connectivity index (χ0v) is 9.42. The van der Waals surface area contributed by atoms with Crippen LogP contribution in [0, 0.1) is 0 Å². The fourth-order valence-electron chi connectivity index (χ4n) is 2.13. The second-order valence-corrected chi connectivity index (χ2v) is 4.36. The average molecular weight is 259 g/mol. The summed E-state index contributed by atoms with van der Waals surface area (Å²) < 4.78 is 36.3. The van der Waals surface area contributed by atoms with Crippen LogP contribution in [-0.4, -0.2) is 23.2 Å². The Kier molecular flexibility index (Phi) is 3.19. The van der Waals surface area contributed by atoms with Crippen molar-refractivity contribution in [2.24, 2.45) is 0 Å². The van der Waals surface area contributed by atoms with Crippen molar-refractivity contribution in [2.45, 2.75) is 31.5 Å². The van der Waals surface area contributed by atoms with Gasteiger partial charge >= 0.3 is 12.1 Å². The average Bonchev–Trinajstić information content (AvgIpc) is 2.28. The first-order valence-electron chi connectivity index (χ1n) is 5.54. The molecule has 3 nitrogen and oxygen atoms in total. The van der Waals surface area contributed by atoms with Crippen LogP contribution in [0.15, 0.2) is 18.2 Å². The second kappa shape index (κ2) is 4.51. The quantitative estimate of drug-likeness (QED) is 0.809. The first kappa shape index (κ1) is 12.7. The van der Waals surface area contributed by atoms with E-state index in [2.05, 4.69) is 0 Å². The Hall–Kier alpha value is -1.72. The molecule has 1 aromatic carbocycles. The summed E-state index contributed by atoms with van der Waals surface area (Å²) in [4.78, 5) is 10.8. The number of hydrogen-bond donors (Lipinski definition) is 2. The highest BCUT2D eigenvalue weighted by Crippen LogP contribution is 2.25. The molecule has 98 valence electrons. The molecular formula is C12H12F3NO2. The van der Waals surface area contributed by atoms with E-state index < -0.39 is 18.1 Å². The van der Waals surface area contributed by atoms with Gasteiger partial charge in [-0.1, -0.05) is 6.07 Å². The minimum Gasteiger partial charge on any atom is -0.508 e. The minimum atomic E-state index is -4.84. The van der Waals surface area contributed by atoms with E-state index in [4.69, 9.17) is 0 Å². The fraction of sp³-hybridized carbons (Fsp3) is 0.417. The van der Waals surface area contributed by atoms with Gasteiger partial charge in [0.25, 0.3) is 0 Å². The van der Waals surface area contributed by atoms with Crippen LogP contribution in [0.4, 0.5) is 13.2 Å². The van der Waals surface area contributed by atoms with Crippen LogP contribution < -0.4 is 5.32 Å². The molecule has 0 fully saturated rings. The molecular weight excluding hydrogens is 247 g/mol. The third kappa shape index (κ3) is 2.75. The molecule has 18 heavy (non-hydrogen) atoms. The van der Waals surface area contributed by atoms with Crippen molar-refractivity contribution < 1.29 is 23.1 Å². The highest BCUT2D eigenvalue weighted by Gasteiger charge is 2.40. The molecule has 0 spiro atoms. The van der Waals surface area contributed by atoms with E-state index in [0.717, 1.165) is 11.1 Å². The van der Waals surface area contributed by atoms with E-state index in [9.17, 15) is 23.1 Å². The molecule has 1 aliphatic rings. The molecule has 2 N–H and O–H groups in total. The topological polar surface area (TPSA) is 49.3 Å². The van der Waals surface area contributed by atoms with Crippen molar-refractivity contribution >= 4 is 5.91 Å². The lowest BCUT2D eigenvalue weighted by atomic mass is 9.88. The van der Waals surface area contributed by atoms with Gasteiger partial charge in [-0.3, -0.25) is 4.79 Å². The molecule has 1 unspecified atom stereocenters. The molecule has 6 heteroatoms. The number of aromatic hydroxyl groups is 1. The van der Waals surface area contributed by atoms with Gasteiger partial charge in [0.2, 0.25) is 0 Å². The third-order valence-electron chi connectivity index (χ3n) is 3.01. The Balaban J connectivity index is 2.04. The Labute approximate surface area is 102 Å². The Morgan fingerprint density at radius 2 is 2.06 bits per heavy atom. The van der Waals surface area contributed by atoms with Gasteiger partial charge in [-0.2, -0.15) is 13.2 Å². The highest BCUT2D eigenvalue weighted by atomic mass is 19.4. The SMILES string of the molecule is O=C(NC1CCc2cc(O)ccc2C1)C(F)(F)F. The van der Waals surface area contributed by atoms with Gasteiger partial charge in [0.05, 0.1) is 0 Å². The van der Waals surface area contributed by atoms with E-state index in [-0.39, 0.29) is 5.75 Å². The molecule has 0 saturated carbocycles. The molecule has 0 heterocycles. The van der Waals surface area contributed by atoms with E-state index in [1.54, 1.807) is 12.1 Å². The van der Waals surface area contributed by atoms with Crippen LogP contribution in [0.2, 0.25) is 0 Å². The summed E-state index contributed by atoms with van der Waals surface area (Å²) in [6, 6.07) is 4.27. The maximum atomic E-state index is 12.1. The van der Waals surface area contributed by atoms with Gasteiger partial charge in [-0.25, -0.2) is 0 Å². The van der Waals surface area contributed by atoms with Crippen LogP contribution >= 0.6 is 0 Å². The molecule has 0 radical (unpaired) electrons. The lowest BCUT2D eigenvalue weighted by Gasteiger charge is -2.25. The predicted octanol–water partition coefficient (Wildman–Crippen LogP) is 1.93. The second-order valence-electron chi connectivity index (χ2n) is 4.36. The molecule has 1 atom stereocenters. The van der Waals surface area contributed by atoms with Crippen LogP contribution in [0.25, 0.3) is 0 Å². The number of alkyl halides is 3. The number of halogens is 3. The zero-order valence-electron chi connectivity index (χ0n) is 9.42. The van der Waals surface area contributed by atoms with Crippen molar-refractivity contribution in [2.75, 3.05) is 0 Å². The largest absolute Gasteiger partial charge is 0.508 e. The zero-order chi connectivity index (χ0) is 13.3. The van der Waals surface area contributed by atoms with Gasteiger partial charge < -0.3 is 10.4 Å². The van der Waals surface area contributed by atoms with E-state index in [1.165, 1.54) is 6.07 Å². The number of amides is 1. The number of nitrogens with one attached hydrogen (secondary N) is 1. The molecule has 0 aromatic heterocycles. The minimum absolute atomic E-state index is 0.145. The molecule has 0 bridgehead atoms. The van der Waals surface area contributed by atoms with Crippen molar-refractivity contribution in [1.29, 1.82) is 0 Å². The monoisotopic (exact) mass is 259 g/mol. The molecule has 1 amide bonds. The normalized spacial score (nSPS) is 19.2. The van der Waals surface area contributed by atoms with Crippen molar-refractivity contribution in [3.8, 4) is 5.75 Å². The van der Waals surface area contributed by atoms with Gasteiger partial charge in [-0.15, -0.1) is 0 Å². The van der Waals surface area contributed by atoms with Crippen LogP contribution in [0.5, 0.6) is 5.75 Å². The highest BCUT2D eigenvalue weighted by molar-refractivity contribution is 5.82. The lowest BCUT2D eigenvalue weighted by molar-refractivity contribution is -0.174. The maximum absolute atomic E-state index is 12.1. The Morgan fingerprint density at radius 1 is 1.33 bits per heavy atom. The lowest BCUT2D eigenvalue weighted by Crippen LogP contribution is -2.45. The summed E-state index contributed by atoms with van der Waals surface area (Å²) in [5.74, 6) is -1.75. The number of fused-ring (bicyclic) bond motifs is 1. The number of rotatable bonds is 1. The summed E-state index contributed by atoms with van der Waals surface area (Å²) in [6.45, 7) is 0. The number of phenolic OH excluding ortho intramolecular Hbond substituents is 1. The van der Waals surface area contributed by atoms with E-state index in [0.29, 0.717) is 19.3 Å². The predicted molar refractivity (Wildman–Crippen MR) is 58.1 cm³/mol. The maximum Gasteiger partial charge on any atom is 0.471 e. The number of phenols is 1. The number of hydrogen-bond acceptors (Lipinski definition) is 2. The third-order valence-corrected chi connectivity index (χ3v) is 3.01. The van der Waals surface area contributed by atoms with Crippen molar-refractivity contribution in [3.05, 3.63) is 29.3 Å². The Bertz CT molecular complexity index is 471. The van der Waals surface area contributed by atoms with Gasteiger partial charge in [0, 0.05) is 6.04 Å². The smallest absolute Gasteiger partial charge is 0.471 e. The summed E-state index contributed by atoms with van der Waals surface area (Å²) >= 11 is 0. The van der Waals surface area contributed by atoms with Gasteiger partial charge in [0.1, 0.15) is 5.75 Å². The van der Waals surface area contributed by atoms with Crippen molar-refractivity contribution in [3.63, 3.8) is 0 Å². The van der Waals surface area contributed by atoms with Crippen LogP contribution in [0.1, 0.15) is 17.5 Å². The number of benzene rings is 1. The van der Waals surface area contributed by atoms with Crippen LogP contribution in [-0.2, 0) is 17.6 Å². The number of aryl methyl sites for hydroxylation is 1. The molecule has 1 aliphatic carbocycles. The molecule has 2 rings (SSSR count). The van der Waals surface area contributed by atoms with Gasteiger partial charge in [-0.05, 0) is 42.5 Å². The van der Waals surface area contributed by atoms with Gasteiger partial charge in [0.15, 0.2) is 0 Å². The summed E-state index contributed by atoms with van der Waals surface area (Å²) in [7, 11) is 0. The summed E-state index contributed by atoms with van der Waals surface area (Å²) in [5, 5.41) is 11.3. The molecule has 0 aliphatic heterocycles. The number of carbonyl (C=O) groups excluding carboxylic acids is 1. The molecule has 0 saturated heterocycles. The molecule has 1 aromatic rings. The first-order chi connectivity index (χ1) is 8.36. The fourth-order valence-corrected chi connectivity index (χ4v) is 2.13. The van der Waals surface area contributed by atoms with Crippen molar-refractivity contribution in [1.82, 2.24) is 5.32 Å². The number of carbonyl (C=O) groups is 1.